The van der Waals surface area contributed by atoms with Crippen molar-refractivity contribution < 1.29 is 9.53 Å². The third kappa shape index (κ3) is 17.4. The van der Waals surface area contributed by atoms with E-state index in [2.05, 4.69) is 29.4 Å². The van der Waals surface area contributed by atoms with Gasteiger partial charge < -0.3 is 15.4 Å². The summed E-state index contributed by atoms with van der Waals surface area (Å²) in [5.74, 6) is 0. The van der Waals surface area contributed by atoms with Crippen molar-refractivity contribution in [3.8, 4) is 0 Å². The van der Waals surface area contributed by atoms with E-state index in [1.54, 1.807) is 0 Å². The molecule has 31 heavy (non-hydrogen) atoms. The molecule has 1 fully saturated rings. The third-order valence-electron chi connectivity index (χ3n) is 6.54. The molecule has 1 aliphatic heterocycles. The van der Waals surface area contributed by atoms with E-state index in [0.29, 0.717) is 12.6 Å². The lowest BCUT2D eigenvalue weighted by molar-refractivity contribution is 0.0209. The first kappa shape index (κ1) is 28.2. The van der Waals surface area contributed by atoms with Gasteiger partial charge in [0.25, 0.3) is 0 Å². The summed E-state index contributed by atoms with van der Waals surface area (Å²) in [6.07, 6.45) is 22.0. The van der Waals surface area contributed by atoms with Gasteiger partial charge in [0.15, 0.2) is 0 Å². The molecule has 0 saturated carbocycles. The highest BCUT2D eigenvalue weighted by Gasteiger charge is 2.17. The van der Waals surface area contributed by atoms with Crippen molar-refractivity contribution in [2.24, 2.45) is 0 Å². The smallest absolute Gasteiger partial charge is 0.314 e. The Morgan fingerprint density at radius 3 is 1.68 bits per heavy atom. The van der Waals surface area contributed by atoms with Gasteiger partial charge in [-0.3, -0.25) is 4.90 Å². The van der Waals surface area contributed by atoms with E-state index in [1.165, 1.54) is 96.3 Å². The molecule has 2 amide bonds. The average Bonchev–Trinajstić information content (AvgIpc) is 2.80. The summed E-state index contributed by atoms with van der Waals surface area (Å²) in [5.41, 5.74) is 0. The molecule has 0 bridgehead atoms. The van der Waals surface area contributed by atoms with E-state index < -0.39 is 0 Å². The molecule has 0 aromatic heterocycles. The van der Waals surface area contributed by atoms with E-state index in [0.717, 1.165) is 39.3 Å². The summed E-state index contributed by atoms with van der Waals surface area (Å²) in [6.45, 7) is 9.47. The van der Waals surface area contributed by atoms with Gasteiger partial charge in [0.1, 0.15) is 0 Å². The van der Waals surface area contributed by atoms with Gasteiger partial charge in [-0.15, -0.1) is 0 Å². The van der Waals surface area contributed by atoms with Gasteiger partial charge in [0.05, 0.1) is 13.2 Å². The first-order valence-corrected chi connectivity index (χ1v) is 13.6. The van der Waals surface area contributed by atoms with Crippen LogP contribution in [0.4, 0.5) is 4.79 Å². The zero-order chi connectivity index (χ0) is 22.4. The van der Waals surface area contributed by atoms with Crippen LogP contribution in [0.2, 0.25) is 0 Å². The topological polar surface area (TPSA) is 53.6 Å². The summed E-state index contributed by atoms with van der Waals surface area (Å²) in [7, 11) is 0. The number of ether oxygens (including phenoxy) is 1. The molecule has 5 nitrogen and oxygen atoms in total. The largest absolute Gasteiger partial charge is 0.379 e. The van der Waals surface area contributed by atoms with Crippen LogP contribution >= 0.6 is 0 Å². The standard InChI is InChI=1S/C26H53N3O2/c1-3-4-5-6-7-8-9-10-11-12-13-14-15-16-17-18-19-27-26(30)28-24-25(2)29-20-22-31-23-21-29/h25H,3-24H2,1-2H3,(H2,27,28,30). The Balaban J connectivity index is 1.75. The van der Waals surface area contributed by atoms with Crippen molar-refractivity contribution in [2.45, 2.75) is 123 Å². The molecule has 0 aliphatic carbocycles. The fourth-order valence-electron chi connectivity index (χ4n) is 4.33. The van der Waals surface area contributed by atoms with Crippen molar-refractivity contribution in [3.05, 3.63) is 0 Å². The Hall–Kier alpha value is -0.810. The summed E-state index contributed by atoms with van der Waals surface area (Å²) in [6, 6.07) is 0.339. The van der Waals surface area contributed by atoms with Crippen molar-refractivity contribution in [1.29, 1.82) is 0 Å². The van der Waals surface area contributed by atoms with Crippen LogP contribution in [-0.2, 0) is 4.74 Å². The van der Waals surface area contributed by atoms with Gasteiger partial charge in [-0.2, -0.15) is 0 Å². The molecule has 0 aromatic carbocycles. The second-order valence-corrected chi connectivity index (χ2v) is 9.44. The molecular weight excluding hydrogens is 386 g/mol. The van der Waals surface area contributed by atoms with Gasteiger partial charge in [0, 0.05) is 32.2 Å². The summed E-state index contributed by atoms with van der Waals surface area (Å²) >= 11 is 0. The molecule has 1 atom stereocenters. The zero-order valence-corrected chi connectivity index (χ0v) is 20.9. The number of morpholine rings is 1. The van der Waals surface area contributed by atoms with Gasteiger partial charge >= 0.3 is 6.03 Å². The number of hydrogen-bond donors (Lipinski definition) is 2. The Morgan fingerprint density at radius 2 is 1.19 bits per heavy atom. The number of rotatable bonds is 20. The SMILES string of the molecule is CCCCCCCCCCCCCCCCCCNC(=O)NCC(C)N1CCOCC1. The van der Waals surface area contributed by atoms with Crippen LogP contribution in [0.1, 0.15) is 117 Å². The number of nitrogens with zero attached hydrogens (tertiary/aromatic N) is 1. The second kappa shape index (κ2) is 21.1. The number of nitrogens with one attached hydrogen (secondary N) is 2. The molecule has 1 rings (SSSR count). The minimum atomic E-state index is -0.0268. The van der Waals surface area contributed by atoms with Crippen LogP contribution in [-0.4, -0.2) is 56.4 Å². The Morgan fingerprint density at radius 1 is 0.742 bits per heavy atom. The van der Waals surface area contributed by atoms with Crippen LogP contribution in [0.15, 0.2) is 0 Å². The summed E-state index contributed by atoms with van der Waals surface area (Å²) in [4.78, 5) is 14.3. The van der Waals surface area contributed by atoms with Crippen molar-refractivity contribution in [1.82, 2.24) is 15.5 Å². The fourth-order valence-corrected chi connectivity index (χ4v) is 4.33. The first-order chi connectivity index (χ1) is 15.2. The molecule has 1 unspecified atom stereocenters. The maximum absolute atomic E-state index is 11.9. The van der Waals surface area contributed by atoms with Gasteiger partial charge in [-0.1, -0.05) is 103 Å². The highest BCUT2D eigenvalue weighted by molar-refractivity contribution is 5.73. The van der Waals surface area contributed by atoms with E-state index >= 15 is 0 Å². The molecule has 184 valence electrons. The van der Waals surface area contributed by atoms with Crippen LogP contribution in [0, 0.1) is 0 Å². The number of carbonyl (C=O) groups excluding carboxylic acids is 1. The van der Waals surface area contributed by atoms with E-state index in [4.69, 9.17) is 4.74 Å². The first-order valence-electron chi connectivity index (χ1n) is 13.6. The molecule has 1 aliphatic rings. The molecule has 0 radical (unpaired) electrons. The van der Waals surface area contributed by atoms with Crippen molar-refractivity contribution >= 4 is 6.03 Å². The lowest BCUT2D eigenvalue weighted by Crippen LogP contribution is -2.48. The van der Waals surface area contributed by atoms with Crippen molar-refractivity contribution in [2.75, 3.05) is 39.4 Å². The maximum atomic E-state index is 11.9. The summed E-state index contributed by atoms with van der Waals surface area (Å²) in [5, 5.41) is 6.00. The molecule has 0 aromatic rings. The van der Waals surface area contributed by atoms with E-state index in [9.17, 15) is 4.79 Å². The van der Waals surface area contributed by atoms with Gasteiger partial charge in [-0.25, -0.2) is 4.79 Å². The molecule has 0 spiro atoms. The normalized spacial score (nSPS) is 15.7. The quantitative estimate of drug-likeness (QED) is 0.220. The Kier molecular flexibility index (Phi) is 19.2. The van der Waals surface area contributed by atoms with Gasteiger partial charge in [-0.05, 0) is 13.3 Å². The molecule has 5 heteroatoms. The third-order valence-corrected chi connectivity index (χ3v) is 6.54. The number of amides is 2. The Labute approximate surface area is 193 Å². The lowest BCUT2D eigenvalue weighted by atomic mass is 10.0. The van der Waals surface area contributed by atoms with Gasteiger partial charge in [0.2, 0.25) is 0 Å². The average molecular weight is 440 g/mol. The number of carbonyl (C=O) groups is 1. The second-order valence-electron chi connectivity index (χ2n) is 9.44. The number of hydrogen-bond acceptors (Lipinski definition) is 3. The monoisotopic (exact) mass is 439 g/mol. The predicted molar refractivity (Wildman–Crippen MR) is 133 cm³/mol. The number of urea groups is 1. The summed E-state index contributed by atoms with van der Waals surface area (Å²) < 4.78 is 5.38. The molecule has 1 saturated heterocycles. The predicted octanol–water partition coefficient (Wildman–Crippen LogP) is 6.27. The fraction of sp³-hybridized carbons (Fsp3) is 0.962. The van der Waals surface area contributed by atoms with Crippen LogP contribution in [0.3, 0.4) is 0 Å². The Bertz CT molecular complexity index is 400. The van der Waals surface area contributed by atoms with E-state index in [-0.39, 0.29) is 6.03 Å². The minimum Gasteiger partial charge on any atom is -0.379 e. The molecule has 2 N–H and O–H groups in total. The minimum absolute atomic E-state index is 0.0268. The molecular formula is C26H53N3O2. The van der Waals surface area contributed by atoms with Crippen molar-refractivity contribution in [3.63, 3.8) is 0 Å². The highest BCUT2D eigenvalue weighted by Crippen LogP contribution is 2.13. The number of unbranched alkanes of at least 4 members (excludes halogenated alkanes) is 15. The van der Waals surface area contributed by atoms with E-state index in [1.807, 2.05) is 0 Å². The highest BCUT2D eigenvalue weighted by atomic mass is 16.5. The molecule has 1 heterocycles. The maximum Gasteiger partial charge on any atom is 0.314 e. The van der Waals surface area contributed by atoms with Crippen LogP contribution in [0.5, 0.6) is 0 Å². The lowest BCUT2D eigenvalue weighted by Gasteiger charge is -2.32. The zero-order valence-electron chi connectivity index (χ0n) is 20.9. The van der Waals surface area contributed by atoms with Crippen LogP contribution in [0.25, 0.3) is 0 Å². The van der Waals surface area contributed by atoms with Crippen LogP contribution < -0.4 is 10.6 Å².